The van der Waals surface area contributed by atoms with Gasteiger partial charge in [0.2, 0.25) is 0 Å². The van der Waals surface area contributed by atoms with Gasteiger partial charge in [0.1, 0.15) is 5.75 Å². The van der Waals surface area contributed by atoms with E-state index in [2.05, 4.69) is 0 Å². The van der Waals surface area contributed by atoms with Crippen LogP contribution in [0.2, 0.25) is 0 Å². The fourth-order valence-electron chi connectivity index (χ4n) is 2.37. The Bertz CT molecular complexity index is 586. The van der Waals surface area contributed by atoms with Crippen LogP contribution in [-0.4, -0.2) is 18.4 Å². The fraction of sp³-hybridized carbons (Fsp3) is 0.278. The van der Waals surface area contributed by atoms with Crippen molar-refractivity contribution in [1.29, 1.82) is 0 Å². The van der Waals surface area contributed by atoms with Crippen molar-refractivity contribution in [2.45, 2.75) is 33.2 Å². The first-order valence-electron chi connectivity index (χ1n) is 7.30. The third-order valence-corrected chi connectivity index (χ3v) is 3.22. The van der Waals surface area contributed by atoms with Crippen molar-refractivity contribution in [1.82, 2.24) is 0 Å². The quantitative estimate of drug-likeness (QED) is 0.600. The van der Waals surface area contributed by atoms with Gasteiger partial charge in [-0.1, -0.05) is 36.4 Å². The molecule has 0 fully saturated rings. The van der Waals surface area contributed by atoms with E-state index in [1.807, 2.05) is 79.4 Å². The Hall–Kier alpha value is -2.49. The molecule has 0 amide bonds. The molecule has 2 rings (SSSR count). The van der Waals surface area contributed by atoms with E-state index in [4.69, 9.17) is 9.47 Å². The van der Waals surface area contributed by atoms with Crippen LogP contribution in [0.4, 0.5) is 5.69 Å². The third-order valence-electron chi connectivity index (χ3n) is 3.22. The standard InChI is InChI=1S/C18H21NO3/c1-14(21-16(3)20)19(17-10-6-4-7-11-17)15(2)22-18-12-8-5-9-13-18/h4-15H,1-3H3. The van der Waals surface area contributed by atoms with E-state index in [0.717, 1.165) is 11.4 Å². The van der Waals surface area contributed by atoms with Crippen molar-refractivity contribution in [3.05, 3.63) is 60.7 Å². The Morgan fingerprint density at radius 1 is 0.909 bits per heavy atom. The average molecular weight is 299 g/mol. The van der Waals surface area contributed by atoms with Crippen LogP contribution >= 0.6 is 0 Å². The van der Waals surface area contributed by atoms with Gasteiger partial charge in [-0.2, -0.15) is 0 Å². The summed E-state index contributed by atoms with van der Waals surface area (Å²) in [6.07, 6.45) is -0.724. The van der Waals surface area contributed by atoms with Gasteiger partial charge in [0.25, 0.3) is 0 Å². The molecule has 0 heterocycles. The number of rotatable bonds is 6. The first-order chi connectivity index (χ1) is 10.6. The van der Waals surface area contributed by atoms with Crippen molar-refractivity contribution in [3.8, 4) is 5.75 Å². The number of hydrogen-bond donors (Lipinski definition) is 0. The highest BCUT2D eigenvalue weighted by atomic mass is 16.6. The predicted octanol–water partition coefficient (Wildman–Crippen LogP) is 3.83. The molecule has 0 aliphatic heterocycles. The molecule has 0 saturated heterocycles. The van der Waals surface area contributed by atoms with Gasteiger partial charge >= 0.3 is 5.97 Å². The Labute approximate surface area is 131 Å². The van der Waals surface area contributed by atoms with Gasteiger partial charge < -0.3 is 14.4 Å². The SMILES string of the molecule is CC(=O)OC(C)N(c1ccccc1)C(C)Oc1ccccc1. The fourth-order valence-corrected chi connectivity index (χ4v) is 2.37. The highest BCUT2D eigenvalue weighted by molar-refractivity contribution is 5.66. The summed E-state index contributed by atoms with van der Waals surface area (Å²) in [5, 5.41) is 0. The molecule has 2 aromatic rings. The van der Waals surface area contributed by atoms with Crippen LogP contribution in [-0.2, 0) is 9.53 Å². The van der Waals surface area contributed by atoms with E-state index in [1.54, 1.807) is 0 Å². The Kier molecular flexibility index (Phi) is 5.42. The molecule has 2 unspecified atom stereocenters. The maximum atomic E-state index is 11.3. The Balaban J connectivity index is 2.21. The van der Waals surface area contributed by atoms with Crippen molar-refractivity contribution in [3.63, 3.8) is 0 Å². The third kappa shape index (κ3) is 4.25. The lowest BCUT2D eigenvalue weighted by Gasteiger charge is -2.35. The van der Waals surface area contributed by atoms with Crippen LogP contribution < -0.4 is 9.64 Å². The Morgan fingerprint density at radius 3 is 2.00 bits per heavy atom. The zero-order chi connectivity index (χ0) is 15.9. The van der Waals surface area contributed by atoms with E-state index in [-0.39, 0.29) is 12.2 Å². The number of ether oxygens (including phenoxy) is 2. The molecular formula is C18H21NO3. The minimum absolute atomic E-state index is 0.292. The molecular weight excluding hydrogens is 278 g/mol. The van der Waals surface area contributed by atoms with Crippen LogP contribution in [0.1, 0.15) is 20.8 Å². The monoisotopic (exact) mass is 299 g/mol. The molecule has 0 aliphatic carbocycles. The van der Waals surface area contributed by atoms with Crippen molar-refractivity contribution < 1.29 is 14.3 Å². The predicted molar refractivity (Wildman–Crippen MR) is 86.7 cm³/mol. The lowest BCUT2D eigenvalue weighted by atomic mass is 10.2. The van der Waals surface area contributed by atoms with Gasteiger partial charge in [-0.15, -0.1) is 0 Å². The number of hydrogen-bond acceptors (Lipinski definition) is 4. The number of carbonyl (C=O) groups excluding carboxylic acids is 1. The number of carbonyl (C=O) groups is 1. The van der Waals surface area contributed by atoms with E-state index in [0.29, 0.717) is 0 Å². The van der Waals surface area contributed by atoms with Gasteiger partial charge in [-0.05, 0) is 38.1 Å². The number of esters is 1. The molecule has 0 N–H and O–H groups in total. The summed E-state index contributed by atoms with van der Waals surface area (Å²) in [4.78, 5) is 13.2. The molecule has 116 valence electrons. The topological polar surface area (TPSA) is 38.8 Å². The molecule has 2 atom stereocenters. The zero-order valence-electron chi connectivity index (χ0n) is 13.1. The van der Waals surface area contributed by atoms with Crippen molar-refractivity contribution in [2.24, 2.45) is 0 Å². The van der Waals surface area contributed by atoms with Crippen LogP contribution in [0, 0.1) is 0 Å². The van der Waals surface area contributed by atoms with E-state index in [9.17, 15) is 4.79 Å². The molecule has 0 aliphatic rings. The summed E-state index contributed by atoms with van der Waals surface area (Å²) >= 11 is 0. The second-order valence-electron chi connectivity index (χ2n) is 4.98. The number of benzene rings is 2. The van der Waals surface area contributed by atoms with Crippen molar-refractivity contribution >= 4 is 11.7 Å². The smallest absolute Gasteiger partial charge is 0.304 e. The summed E-state index contributed by atoms with van der Waals surface area (Å²) in [5.74, 6) is 0.450. The maximum absolute atomic E-state index is 11.3. The van der Waals surface area contributed by atoms with E-state index in [1.165, 1.54) is 6.92 Å². The van der Waals surface area contributed by atoms with Gasteiger partial charge in [0.15, 0.2) is 12.5 Å². The molecule has 0 radical (unpaired) electrons. The highest BCUT2D eigenvalue weighted by Crippen LogP contribution is 2.22. The first-order valence-corrected chi connectivity index (χ1v) is 7.30. The van der Waals surface area contributed by atoms with Crippen LogP contribution in [0.15, 0.2) is 60.7 Å². The van der Waals surface area contributed by atoms with Gasteiger partial charge in [-0.3, -0.25) is 4.79 Å². The van der Waals surface area contributed by atoms with Gasteiger partial charge in [0, 0.05) is 12.6 Å². The molecule has 4 nitrogen and oxygen atoms in total. The number of anilines is 1. The highest BCUT2D eigenvalue weighted by Gasteiger charge is 2.24. The summed E-state index contributed by atoms with van der Waals surface area (Å²) in [6, 6.07) is 19.3. The first kappa shape index (κ1) is 15.9. The normalized spacial score (nSPS) is 13.0. The molecule has 22 heavy (non-hydrogen) atoms. The molecule has 0 bridgehead atoms. The van der Waals surface area contributed by atoms with Crippen molar-refractivity contribution in [2.75, 3.05) is 4.90 Å². The zero-order valence-corrected chi connectivity index (χ0v) is 13.1. The minimum atomic E-state index is -0.432. The lowest BCUT2D eigenvalue weighted by Crippen LogP contribution is -2.45. The average Bonchev–Trinajstić information content (AvgIpc) is 2.48. The van der Waals surface area contributed by atoms with E-state index < -0.39 is 6.23 Å². The number of nitrogens with zero attached hydrogens (tertiary/aromatic N) is 1. The molecule has 0 aromatic heterocycles. The molecule has 0 spiro atoms. The molecule has 2 aromatic carbocycles. The summed E-state index contributed by atoms with van der Waals surface area (Å²) < 4.78 is 11.3. The van der Waals surface area contributed by atoms with Gasteiger partial charge in [0.05, 0.1) is 0 Å². The largest absolute Gasteiger partial charge is 0.471 e. The second-order valence-corrected chi connectivity index (χ2v) is 4.98. The number of para-hydroxylation sites is 2. The lowest BCUT2D eigenvalue weighted by molar-refractivity contribution is -0.146. The summed E-state index contributed by atoms with van der Waals surface area (Å²) in [7, 11) is 0. The van der Waals surface area contributed by atoms with Crippen LogP contribution in [0.25, 0.3) is 0 Å². The van der Waals surface area contributed by atoms with E-state index >= 15 is 0 Å². The summed E-state index contributed by atoms with van der Waals surface area (Å²) in [6.45, 7) is 5.17. The minimum Gasteiger partial charge on any atom is -0.471 e. The maximum Gasteiger partial charge on any atom is 0.304 e. The molecule has 4 heteroatoms. The summed E-state index contributed by atoms with van der Waals surface area (Å²) in [5.41, 5.74) is 0.930. The van der Waals surface area contributed by atoms with Crippen LogP contribution in [0.3, 0.4) is 0 Å². The Morgan fingerprint density at radius 2 is 1.45 bits per heavy atom. The van der Waals surface area contributed by atoms with Crippen LogP contribution in [0.5, 0.6) is 5.75 Å². The molecule has 0 saturated carbocycles. The second kappa shape index (κ2) is 7.50. The van der Waals surface area contributed by atoms with Gasteiger partial charge in [-0.25, -0.2) is 0 Å².